The molecule has 2 aromatic heterocycles. The topological polar surface area (TPSA) is 56.8 Å². The van der Waals surface area contributed by atoms with Gasteiger partial charge in [0.1, 0.15) is 17.8 Å². The van der Waals surface area contributed by atoms with E-state index in [-0.39, 0.29) is 0 Å². The quantitative estimate of drug-likeness (QED) is 0.869. The molecule has 0 radical (unpaired) electrons. The monoisotopic (exact) mass is 257 g/mol. The van der Waals surface area contributed by atoms with Gasteiger partial charge in [-0.1, -0.05) is 0 Å². The van der Waals surface area contributed by atoms with Gasteiger partial charge in [0.05, 0.1) is 5.39 Å². The molecule has 2 aliphatic rings. The highest BCUT2D eigenvalue weighted by atomic mass is 15.2. The lowest BCUT2D eigenvalue weighted by molar-refractivity contribution is 0.501. The summed E-state index contributed by atoms with van der Waals surface area (Å²) < 4.78 is 0. The van der Waals surface area contributed by atoms with E-state index >= 15 is 0 Å². The third kappa shape index (κ3) is 1.57. The molecule has 3 heterocycles. The highest BCUT2D eigenvalue weighted by Crippen LogP contribution is 2.52. The molecule has 5 heteroatoms. The predicted octanol–water partition coefficient (Wildman–Crippen LogP) is 1.25. The summed E-state index contributed by atoms with van der Waals surface area (Å²) in [7, 11) is 2.15. The van der Waals surface area contributed by atoms with Crippen molar-refractivity contribution < 1.29 is 0 Å². The van der Waals surface area contributed by atoms with Crippen LogP contribution in [0.5, 0.6) is 0 Å². The highest BCUT2D eigenvalue weighted by Gasteiger charge is 2.55. The van der Waals surface area contributed by atoms with E-state index in [1.807, 2.05) is 6.20 Å². The molecule has 0 spiro atoms. The molecule has 1 aliphatic carbocycles. The fourth-order valence-corrected chi connectivity index (χ4v) is 3.77. The molecule has 2 fully saturated rings. The SMILES string of the molecule is CC([C@H]1C2CNC[C@@H]21)N(C)c1ncnc2[nH]ccc12. The lowest BCUT2D eigenvalue weighted by Gasteiger charge is -2.27. The Morgan fingerprint density at radius 1 is 1.32 bits per heavy atom. The summed E-state index contributed by atoms with van der Waals surface area (Å²) >= 11 is 0. The predicted molar refractivity (Wildman–Crippen MR) is 75.1 cm³/mol. The molecule has 0 bridgehead atoms. The van der Waals surface area contributed by atoms with Crippen molar-refractivity contribution in [3.05, 3.63) is 18.6 Å². The van der Waals surface area contributed by atoms with Crippen LogP contribution in [0.15, 0.2) is 18.6 Å². The van der Waals surface area contributed by atoms with E-state index in [1.165, 1.54) is 13.1 Å². The molecule has 0 aromatic carbocycles. The minimum atomic E-state index is 0.532. The molecule has 0 amide bonds. The Bertz CT molecular complexity index is 597. The van der Waals surface area contributed by atoms with Gasteiger partial charge < -0.3 is 15.2 Å². The van der Waals surface area contributed by atoms with Gasteiger partial charge in [-0.05, 0) is 43.8 Å². The van der Waals surface area contributed by atoms with Crippen molar-refractivity contribution in [1.82, 2.24) is 20.3 Å². The van der Waals surface area contributed by atoms with Crippen LogP contribution in [0, 0.1) is 17.8 Å². The van der Waals surface area contributed by atoms with Crippen LogP contribution in [-0.4, -0.2) is 41.1 Å². The van der Waals surface area contributed by atoms with Crippen LogP contribution in [0.2, 0.25) is 0 Å². The Balaban J connectivity index is 1.63. The first-order valence-electron chi connectivity index (χ1n) is 6.99. The zero-order valence-electron chi connectivity index (χ0n) is 11.3. The summed E-state index contributed by atoms with van der Waals surface area (Å²) in [5.41, 5.74) is 0.918. The number of anilines is 1. The third-order valence-electron chi connectivity index (χ3n) is 4.99. The fraction of sp³-hybridized carbons (Fsp3) is 0.571. The van der Waals surface area contributed by atoms with Crippen LogP contribution in [0.3, 0.4) is 0 Å². The zero-order chi connectivity index (χ0) is 13.0. The van der Waals surface area contributed by atoms with Crippen LogP contribution in [-0.2, 0) is 0 Å². The van der Waals surface area contributed by atoms with Gasteiger partial charge in [0.2, 0.25) is 0 Å². The number of nitrogens with zero attached hydrogens (tertiary/aromatic N) is 3. The van der Waals surface area contributed by atoms with Crippen molar-refractivity contribution in [3.63, 3.8) is 0 Å². The number of rotatable bonds is 3. The lowest BCUT2D eigenvalue weighted by atomic mass is 10.1. The molecule has 2 aromatic rings. The van der Waals surface area contributed by atoms with Gasteiger partial charge in [0.15, 0.2) is 0 Å². The van der Waals surface area contributed by atoms with E-state index < -0.39 is 0 Å². The van der Waals surface area contributed by atoms with Gasteiger partial charge in [-0.25, -0.2) is 9.97 Å². The maximum Gasteiger partial charge on any atom is 0.142 e. The van der Waals surface area contributed by atoms with Crippen molar-refractivity contribution in [1.29, 1.82) is 0 Å². The van der Waals surface area contributed by atoms with Crippen molar-refractivity contribution in [2.24, 2.45) is 17.8 Å². The Morgan fingerprint density at radius 2 is 2.11 bits per heavy atom. The molecular weight excluding hydrogens is 238 g/mol. The molecule has 19 heavy (non-hydrogen) atoms. The van der Waals surface area contributed by atoms with Crippen molar-refractivity contribution >= 4 is 16.9 Å². The Morgan fingerprint density at radius 3 is 2.89 bits per heavy atom. The maximum absolute atomic E-state index is 4.48. The Kier molecular flexibility index (Phi) is 2.33. The molecule has 2 unspecified atom stereocenters. The second-order valence-corrected chi connectivity index (χ2v) is 5.85. The Hall–Kier alpha value is -1.62. The molecule has 2 N–H and O–H groups in total. The average molecular weight is 257 g/mol. The van der Waals surface area contributed by atoms with E-state index in [9.17, 15) is 0 Å². The van der Waals surface area contributed by atoms with Crippen molar-refractivity contribution in [3.8, 4) is 0 Å². The zero-order valence-corrected chi connectivity index (χ0v) is 11.3. The molecule has 5 nitrogen and oxygen atoms in total. The summed E-state index contributed by atoms with van der Waals surface area (Å²) in [6.07, 6.45) is 3.57. The summed E-state index contributed by atoms with van der Waals surface area (Å²) in [5.74, 6) is 3.61. The van der Waals surface area contributed by atoms with Gasteiger partial charge in [-0.3, -0.25) is 0 Å². The first-order chi connectivity index (χ1) is 9.27. The molecular formula is C14H19N5. The number of aromatic nitrogens is 3. The molecule has 100 valence electrons. The summed E-state index contributed by atoms with van der Waals surface area (Å²) in [6.45, 7) is 4.71. The van der Waals surface area contributed by atoms with Gasteiger partial charge in [-0.2, -0.15) is 0 Å². The first-order valence-corrected chi connectivity index (χ1v) is 6.99. The van der Waals surface area contributed by atoms with Crippen molar-refractivity contribution in [2.75, 3.05) is 25.0 Å². The van der Waals surface area contributed by atoms with Crippen LogP contribution in [0.1, 0.15) is 6.92 Å². The van der Waals surface area contributed by atoms with Gasteiger partial charge in [0, 0.05) is 19.3 Å². The van der Waals surface area contributed by atoms with E-state index in [0.29, 0.717) is 6.04 Å². The minimum Gasteiger partial charge on any atom is -0.356 e. The van der Waals surface area contributed by atoms with E-state index in [0.717, 1.165) is 34.6 Å². The van der Waals surface area contributed by atoms with Crippen LogP contribution in [0.4, 0.5) is 5.82 Å². The van der Waals surface area contributed by atoms with Crippen LogP contribution < -0.4 is 10.2 Å². The number of nitrogens with one attached hydrogen (secondary N) is 2. The molecule has 4 rings (SSSR count). The van der Waals surface area contributed by atoms with Gasteiger partial charge in [0.25, 0.3) is 0 Å². The van der Waals surface area contributed by atoms with E-state index in [4.69, 9.17) is 0 Å². The molecule has 4 atom stereocenters. The number of piperidine rings is 1. The van der Waals surface area contributed by atoms with Crippen LogP contribution >= 0.6 is 0 Å². The lowest BCUT2D eigenvalue weighted by Crippen LogP contribution is -2.34. The van der Waals surface area contributed by atoms with Gasteiger partial charge >= 0.3 is 0 Å². The number of fused-ring (bicyclic) bond motifs is 2. The second-order valence-electron chi connectivity index (χ2n) is 5.85. The molecule has 1 saturated carbocycles. The third-order valence-corrected chi connectivity index (χ3v) is 4.99. The summed E-state index contributed by atoms with van der Waals surface area (Å²) in [4.78, 5) is 14.2. The average Bonchev–Trinajstić information content (AvgIpc) is 2.87. The maximum atomic E-state index is 4.48. The van der Waals surface area contributed by atoms with E-state index in [2.05, 4.69) is 45.2 Å². The first kappa shape index (κ1) is 11.2. The standard InChI is InChI=1S/C14H19N5/c1-8(12-10-5-15-6-11(10)12)19(2)14-9-3-4-16-13(9)17-7-18-14/h3-4,7-8,10-12,15H,5-6H2,1-2H3,(H,16,17,18)/t8?,10-,11?,12+/m0/s1. The Labute approximate surface area is 112 Å². The second kappa shape index (κ2) is 3.93. The molecule has 1 saturated heterocycles. The van der Waals surface area contributed by atoms with Crippen LogP contribution in [0.25, 0.3) is 11.0 Å². The number of hydrogen-bond donors (Lipinski definition) is 2. The number of hydrogen-bond acceptors (Lipinski definition) is 4. The number of aromatic amines is 1. The largest absolute Gasteiger partial charge is 0.356 e. The highest BCUT2D eigenvalue weighted by molar-refractivity contribution is 5.87. The van der Waals surface area contributed by atoms with Crippen molar-refractivity contribution in [2.45, 2.75) is 13.0 Å². The fourth-order valence-electron chi connectivity index (χ4n) is 3.77. The molecule has 1 aliphatic heterocycles. The van der Waals surface area contributed by atoms with E-state index in [1.54, 1.807) is 6.33 Å². The van der Waals surface area contributed by atoms with Gasteiger partial charge in [-0.15, -0.1) is 0 Å². The summed E-state index contributed by atoms with van der Waals surface area (Å²) in [5, 5.41) is 4.57. The smallest absolute Gasteiger partial charge is 0.142 e. The number of H-pyrrole nitrogens is 1. The summed E-state index contributed by atoms with van der Waals surface area (Å²) in [6, 6.07) is 2.59. The normalized spacial score (nSPS) is 30.3. The minimum absolute atomic E-state index is 0.532.